The van der Waals surface area contributed by atoms with Crippen molar-refractivity contribution in [2.24, 2.45) is 0 Å². The van der Waals surface area contributed by atoms with E-state index in [1.807, 2.05) is 0 Å². The van der Waals surface area contributed by atoms with E-state index < -0.39 is 20.6 Å². The first kappa shape index (κ1) is 21.7. The zero-order valence-electron chi connectivity index (χ0n) is 17.7. The second-order valence-corrected chi connectivity index (χ2v) is 15.1. The fourth-order valence-corrected chi connectivity index (χ4v) is 15.3. The molecule has 4 heteroatoms. The van der Waals surface area contributed by atoms with Crippen LogP contribution < -0.4 is 0 Å². The monoisotopic (exact) mass is 432 g/mol. The van der Waals surface area contributed by atoms with E-state index in [0.717, 1.165) is 0 Å². The maximum absolute atomic E-state index is 2.96. The van der Waals surface area contributed by atoms with Gasteiger partial charge >= 0.3 is 155 Å². The molecule has 0 aromatic carbocycles. The van der Waals surface area contributed by atoms with Crippen molar-refractivity contribution in [2.45, 2.75) is 125 Å². The van der Waals surface area contributed by atoms with Crippen LogP contribution in [0.1, 0.15) is 95.4 Å². The standard InChI is InChI=1S/C11H24N2.C8H18N.Sn/c1-8-9(12-10(2,3)4)13-11(5,6)7;1-5-7(3)9-8(4)6-2;/h9H,8H2,1-7H3;7-8H,5-6H2,1-4H3;/q-2;-1;+3. The van der Waals surface area contributed by atoms with Crippen LogP contribution in [-0.2, 0) is 0 Å². The Morgan fingerprint density at radius 3 is 1.39 bits per heavy atom. The molecule has 0 amide bonds. The molecule has 0 saturated carbocycles. The number of hydrogen-bond acceptors (Lipinski definition) is 3. The van der Waals surface area contributed by atoms with Crippen LogP contribution in [0.5, 0.6) is 0 Å². The molecule has 1 aliphatic rings. The maximum atomic E-state index is 2.96. The number of rotatable bonds is 6. The van der Waals surface area contributed by atoms with Gasteiger partial charge in [-0.2, -0.15) is 0 Å². The van der Waals surface area contributed by atoms with Gasteiger partial charge in [-0.15, -0.1) is 0 Å². The van der Waals surface area contributed by atoms with Crippen molar-refractivity contribution in [3.63, 3.8) is 0 Å². The molecule has 1 rings (SSSR count). The van der Waals surface area contributed by atoms with Crippen molar-refractivity contribution in [3.05, 3.63) is 0 Å². The molecule has 1 saturated heterocycles. The van der Waals surface area contributed by atoms with Gasteiger partial charge in [-0.05, 0) is 0 Å². The van der Waals surface area contributed by atoms with Gasteiger partial charge in [0.25, 0.3) is 0 Å². The molecule has 3 nitrogen and oxygen atoms in total. The first-order valence-electron chi connectivity index (χ1n) is 9.65. The van der Waals surface area contributed by atoms with Crippen LogP contribution in [0.3, 0.4) is 0 Å². The summed E-state index contributed by atoms with van der Waals surface area (Å²) in [5.41, 5.74) is 0.548. The Labute approximate surface area is 154 Å². The third kappa shape index (κ3) is 4.45. The molecule has 0 N–H and O–H groups in total. The van der Waals surface area contributed by atoms with E-state index in [0.29, 0.717) is 18.2 Å². The third-order valence-corrected chi connectivity index (χ3v) is 17.0. The van der Waals surface area contributed by atoms with E-state index in [-0.39, 0.29) is 11.1 Å². The van der Waals surface area contributed by atoms with Crippen molar-refractivity contribution < 1.29 is 0 Å². The molecule has 0 spiro atoms. The van der Waals surface area contributed by atoms with Gasteiger partial charge in [-0.25, -0.2) is 0 Å². The van der Waals surface area contributed by atoms with Crippen molar-refractivity contribution >= 4 is 20.6 Å². The Morgan fingerprint density at radius 1 is 0.826 bits per heavy atom. The van der Waals surface area contributed by atoms with Crippen LogP contribution in [0.25, 0.3) is 0 Å². The van der Waals surface area contributed by atoms with Crippen LogP contribution in [-0.4, -0.2) is 59.3 Å². The molecule has 1 heterocycles. The van der Waals surface area contributed by atoms with Gasteiger partial charge in [-0.3, -0.25) is 0 Å². The van der Waals surface area contributed by atoms with Crippen LogP contribution in [0, 0.1) is 0 Å². The summed E-state index contributed by atoms with van der Waals surface area (Å²) in [6, 6.07) is 1.37. The Kier molecular flexibility index (Phi) is 7.48. The Hall–Kier alpha value is 0.679. The van der Waals surface area contributed by atoms with Crippen molar-refractivity contribution in [1.82, 2.24) is 9.36 Å². The van der Waals surface area contributed by atoms with Gasteiger partial charge in [0.2, 0.25) is 0 Å². The molecular weight excluding hydrogens is 389 g/mol. The molecule has 0 aromatic heterocycles. The van der Waals surface area contributed by atoms with Crippen LogP contribution in [0.4, 0.5) is 0 Å². The summed E-state index contributed by atoms with van der Waals surface area (Å²) in [4.78, 5) is 0. The van der Waals surface area contributed by atoms with E-state index in [9.17, 15) is 0 Å². The van der Waals surface area contributed by atoms with Gasteiger partial charge in [0, 0.05) is 0 Å². The van der Waals surface area contributed by atoms with E-state index in [4.69, 9.17) is 0 Å². The summed E-state index contributed by atoms with van der Waals surface area (Å²) in [5.74, 6) is 0. The molecule has 2 atom stereocenters. The molecule has 0 aliphatic carbocycles. The summed E-state index contributed by atoms with van der Waals surface area (Å²) in [7, 11) is 0. The molecular formula is C19H42N3Sn. The summed E-state index contributed by atoms with van der Waals surface area (Å²) >= 11 is -2.04. The molecule has 1 radical (unpaired) electrons. The van der Waals surface area contributed by atoms with E-state index in [2.05, 4.69) is 85.5 Å². The summed E-state index contributed by atoms with van der Waals surface area (Å²) in [5, 5.41) is 0. The minimum absolute atomic E-state index is 0.274. The SMILES string of the molecule is CCC(C)[N](C(C)CC)[Sn]1[N](C(C)(C)C)C(CC)[N]1C(C)(C)C. The van der Waals surface area contributed by atoms with Gasteiger partial charge in [0.05, 0.1) is 0 Å². The van der Waals surface area contributed by atoms with E-state index in [1.54, 1.807) is 0 Å². The average Bonchev–Trinajstić information content (AvgIpc) is 2.37. The molecule has 2 unspecified atom stereocenters. The first-order chi connectivity index (χ1) is 10.4. The van der Waals surface area contributed by atoms with Crippen molar-refractivity contribution in [3.8, 4) is 0 Å². The minimum atomic E-state index is -2.04. The molecule has 0 bridgehead atoms. The van der Waals surface area contributed by atoms with Crippen LogP contribution >= 0.6 is 0 Å². The predicted molar refractivity (Wildman–Crippen MR) is 104 cm³/mol. The number of nitrogens with zero attached hydrogens (tertiary/aromatic N) is 3. The third-order valence-electron chi connectivity index (χ3n) is 5.20. The normalized spacial score (nSPS) is 22.4. The second-order valence-electron chi connectivity index (χ2n) is 9.19. The fraction of sp³-hybridized carbons (Fsp3) is 1.00. The van der Waals surface area contributed by atoms with E-state index >= 15 is 0 Å². The summed E-state index contributed by atoms with van der Waals surface area (Å²) < 4.78 is 8.85. The summed E-state index contributed by atoms with van der Waals surface area (Å²) in [6.45, 7) is 26.5. The van der Waals surface area contributed by atoms with Crippen molar-refractivity contribution in [2.75, 3.05) is 0 Å². The van der Waals surface area contributed by atoms with Gasteiger partial charge in [0.15, 0.2) is 0 Å². The predicted octanol–water partition coefficient (Wildman–Crippen LogP) is 4.82. The Balaban J connectivity index is 3.31. The molecule has 0 aromatic rings. The van der Waals surface area contributed by atoms with Gasteiger partial charge in [0.1, 0.15) is 0 Å². The molecule has 137 valence electrons. The van der Waals surface area contributed by atoms with Gasteiger partial charge in [-0.1, -0.05) is 0 Å². The molecule has 23 heavy (non-hydrogen) atoms. The van der Waals surface area contributed by atoms with E-state index in [1.165, 1.54) is 19.3 Å². The second kappa shape index (κ2) is 7.92. The Morgan fingerprint density at radius 2 is 1.17 bits per heavy atom. The van der Waals surface area contributed by atoms with Crippen LogP contribution in [0.2, 0.25) is 0 Å². The average molecular weight is 431 g/mol. The van der Waals surface area contributed by atoms with Crippen molar-refractivity contribution in [1.29, 1.82) is 0 Å². The zero-order chi connectivity index (χ0) is 18.2. The molecule has 1 aliphatic heterocycles. The fourth-order valence-electron chi connectivity index (χ4n) is 3.77. The number of hydrogen-bond donors (Lipinski definition) is 0. The van der Waals surface area contributed by atoms with Crippen LogP contribution in [0.15, 0.2) is 0 Å². The van der Waals surface area contributed by atoms with Gasteiger partial charge < -0.3 is 0 Å². The quantitative estimate of drug-likeness (QED) is 0.559. The molecule has 1 fully saturated rings. The summed E-state index contributed by atoms with van der Waals surface area (Å²) in [6.07, 6.45) is 4.36. The zero-order valence-corrected chi connectivity index (χ0v) is 20.5. The topological polar surface area (TPSA) is 9.72 Å². The Bertz CT molecular complexity index is 340. The first-order valence-corrected chi connectivity index (χ1v) is 13.5.